The molecule has 0 aliphatic heterocycles. The quantitative estimate of drug-likeness (QED) is 0.503. The third-order valence-electron chi connectivity index (χ3n) is 4.87. The van der Waals surface area contributed by atoms with Gasteiger partial charge in [-0.2, -0.15) is 0 Å². The van der Waals surface area contributed by atoms with Crippen LogP contribution in [0.4, 0.5) is 0 Å². The Morgan fingerprint density at radius 1 is 0.960 bits per heavy atom. The van der Waals surface area contributed by atoms with Crippen LogP contribution >= 0.6 is 0 Å². The molecule has 0 aliphatic carbocycles. The first kappa shape index (κ1) is 15.8. The van der Waals surface area contributed by atoms with Gasteiger partial charge in [0.15, 0.2) is 0 Å². The Hall–Kier alpha value is -2.69. The second-order valence-electron chi connectivity index (χ2n) is 6.47. The van der Waals surface area contributed by atoms with Gasteiger partial charge in [-0.1, -0.05) is 48.5 Å². The summed E-state index contributed by atoms with van der Waals surface area (Å²) in [6.45, 7) is 1.24. The Kier molecular flexibility index (Phi) is 3.79. The fourth-order valence-electron chi connectivity index (χ4n) is 3.50. The second kappa shape index (κ2) is 5.99. The molecule has 4 nitrogen and oxygen atoms in total. The van der Waals surface area contributed by atoms with Gasteiger partial charge in [-0.3, -0.25) is 4.79 Å². The van der Waals surface area contributed by atoms with Crippen LogP contribution < -0.4 is 5.32 Å². The van der Waals surface area contributed by atoms with Crippen LogP contribution in [0.25, 0.3) is 32.3 Å². The van der Waals surface area contributed by atoms with E-state index in [1.807, 2.05) is 24.3 Å². The summed E-state index contributed by atoms with van der Waals surface area (Å²) in [5.41, 5.74) is 0.546. The summed E-state index contributed by atoms with van der Waals surface area (Å²) < 4.78 is 0. The maximum atomic E-state index is 12.7. The molecule has 2 unspecified atom stereocenters. The predicted octanol–water partition coefficient (Wildman–Crippen LogP) is 3.06. The SMILES string of the molecule is CC(O)C(CO)NC(=O)c1ccc2ccc3cccc4ccc1c2c34. The van der Waals surface area contributed by atoms with E-state index in [2.05, 4.69) is 29.6 Å². The van der Waals surface area contributed by atoms with Gasteiger partial charge in [0.25, 0.3) is 5.91 Å². The minimum atomic E-state index is -0.825. The van der Waals surface area contributed by atoms with E-state index >= 15 is 0 Å². The van der Waals surface area contributed by atoms with E-state index in [0.29, 0.717) is 5.56 Å². The van der Waals surface area contributed by atoms with E-state index in [9.17, 15) is 15.0 Å². The molecule has 25 heavy (non-hydrogen) atoms. The van der Waals surface area contributed by atoms with Crippen LogP contribution in [0.15, 0.2) is 54.6 Å². The van der Waals surface area contributed by atoms with Crippen molar-refractivity contribution in [2.45, 2.75) is 19.1 Å². The highest BCUT2D eigenvalue weighted by atomic mass is 16.3. The van der Waals surface area contributed by atoms with Crippen molar-refractivity contribution in [3.63, 3.8) is 0 Å². The van der Waals surface area contributed by atoms with Crippen molar-refractivity contribution in [1.82, 2.24) is 5.32 Å². The Morgan fingerprint density at radius 3 is 2.20 bits per heavy atom. The van der Waals surface area contributed by atoms with Crippen molar-refractivity contribution in [3.05, 3.63) is 60.2 Å². The molecule has 2 atom stereocenters. The number of benzene rings is 4. The minimum Gasteiger partial charge on any atom is -0.394 e. The highest BCUT2D eigenvalue weighted by Gasteiger charge is 2.20. The zero-order valence-corrected chi connectivity index (χ0v) is 13.9. The topological polar surface area (TPSA) is 69.6 Å². The number of amides is 1. The lowest BCUT2D eigenvalue weighted by molar-refractivity contribution is 0.0759. The van der Waals surface area contributed by atoms with E-state index in [0.717, 1.165) is 32.3 Å². The van der Waals surface area contributed by atoms with Crippen molar-refractivity contribution in [1.29, 1.82) is 0 Å². The summed E-state index contributed by atoms with van der Waals surface area (Å²) in [6, 6.07) is 17.4. The number of carbonyl (C=O) groups excluding carboxylic acids is 1. The van der Waals surface area contributed by atoms with Gasteiger partial charge in [0.2, 0.25) is 0 Å². The molecule has 0 saturated carbocycles. The van der Waals surface area contributed by atoms with Gasteiger partial charge < -0.3 is 15.5 Å². The van der Waals surface area contributed by atoms with E-state index in [1.54, 1.807) is 13.0 Å². The number of aliphatic hydroxyl groups is 2. The maximum absolute atomic E-state index is 12.7. The number of rotatable bonds is 4. The summed E-state index contributed by atoms with van der Waals surface area (Å²) in [5.74, 6) is -0.294. The van der Waals surface area contributed by atoms with E-state index in [1.165, 1.54) is 0 Å². The largest absolute Gasteiger partial charge is 0.394 e. The van der Waals surface area contributed by atoms with Crippen LogP contribution in [-0.2, 0) is 0 Å². The van der Waals surface area contributed by atoms with E-state index in [-0.39, 0.29) is 12.5 Å². The Morgan fingerprint density at radius 2 is 1.56 bits per heavy atom. The first-order valence-corrected chi connectivity index (χ1v) is 8.36. The summed E-state index contributed by atoms with van der Waals surface area (Å²) >= 11 is 0. The van der Waals surface area contributed by atoms with Crippen molar-refractivity contribution in [2.75, 3.05) is 6.61 Å². The molecule has 0 aromatic heterocycles. The normalized spacial score (nSPS) is 14.2. The van der Waals surface area contributed by atoms with Crippen molar-refractivity contribution < 1.29 is 15.0 Å². The number of aliphatic hydroxyl groups excluding tert-OH is 2. The molecule has 0 radical (unpaired) electrons. The molecule has 4 heteroatoms. The molecule has 4 aromatic carbocycles. The Bertz CT molecular complexity index is 1060. The molecule has 0 bridgehead atoms. The molecule has 0 fully saturated rings. The van der Waals surface area contributed by atoms with Gasteiger partial charge in [-0.15, -0.1) is 0 Å². The maximum Gasteiger partial charge on any atom is 0.252 e. The number of hydrogen-bond donors (Lipinski definition) is 3. The summed E-state index contributed by atoms with van der Waals surface area (Å²) in [7, 11) is 0. The van der Waals surface area contributed by atoms with Crippen LogP contribution in [0, 0.1) is 0 Å². The Balaban J connectivity index is 1.92. The van der Waals surface area contributed by atoms with Crippen molar-refractivity contribution in [3.8, 4) is 0 Å². The fraction of sp³-hybridized carbons (Fsp3) is 0.190. The zero-order chi connectivity index (χ0) is 17.6. The van der Waals surface area contributed by atoms with Crippen LogP contribution in [0.2, 0.25) is 0 Å². The molecule has 126 valence electrons. The Labute approximate surface area is 145 Å². The summed E-state index contributed by atoms with van der Waals surface area (Å²) in [4.78, 5) is 12.7. The van der Waals surface area contributed by atoms with Crippen LogP contribution in [0.1, 0.15) is 17.3 Å². The predicted molar refractivity (Wildman–Crippen MR) is 100 cm³/mol. The standard InChI is InChI=1S/C21H19NO3/c1-12(24)18(11-23)22-21(25)17-10-8-15-6-5-13-3-2-4-14-7-9-16(17)20(15)19(13)14/h2-10,12,18,23-24H,11H2,1H3,(H,22,25). The third kappa shape index (κ3) is 2.51. The molecule has 0 aliphatic rings. The smallest absolute Gasteiger partial charge is 0.252 e. The third-order valence-corrected chi connectivity index (χ3v) is 4.87. The van der Waals surface area contributed by atoms with Gasteiger partial charge in [-0.25, -0.2) is 0 Å². The highest BCUT2D eigenvalue weighted by molar-refractivity contribution is 6.26. The minimum absolute atomic E-state index is 0.294. The molecule has 4 aromatic rings. The lowest BCUT2D eigenvalue weighted by atomic mass is 9.91. The van der Waals surface area contributed by atoms with Crippen LogP contribution in [0.5, 0.6) is 0 Å². The number of hydrogen-bond acceptors (Lipinski definition) is 3. The lowest BCUT2D eigenvalue weighted by Crippen LogP contribution is -2.44. The van der Waals surface area contributed by atoms with E-state index in [4.69, 9.17) is 0 Å². The average Bonchev–Trinajstić information content (AvgIpc) is 2.63. The van der Waals surface area contributed by atoms with Gasteiger partial charge in [0, 0.05) is 5.56 Å². The molecule has 0 saturated heterocycles. The van der Waals surface area contributed by atoms with Gasteiger partial charge in [0.05, 0.1) is 18.8 Å². The zero-order valence-electron chi connectivity index (χ0n) is 13.9. The lowest BCUT2D eigenvalue weighted by Gasteiger charge is -2.20. The monoisotopic (exact) mass is 333 g/mol. The van der Waals surface area contributed by atoms with Gasteiger partial charge in [-0.05, 0) is 45.3 Å². The first-order valence-electron chi connectivity index (χ1n) is 8.36. The molecule has 0 heterocycles. The number of carbonyl (C=O) groups is 1. The summed E-state index contributed by atoms with van der Waals surface area (Å²) in [6.07, 6.45) is -0.825. The molecule has 0 spiro atoms. The second-order valence-corrected chi connectivity index (χ2v) is 6.47. The molecule has 3 N–H and O–H groups in total. The first-order chi connectivity index (χ1) is 12.1. The van der Waals surface area contributed by atoms with Gasteiger partial charge in [0.1, 0.15) is 0 Å². The molecule has 1 amide bonds. The van der Waals surface area contributed by atoms with Gasteiger partial charge >= 0.3 is 0 Å². The molecule has 4 rings (SSSR count). The van der Waals surface area contributed by atoms with Crippen molar-refractivity contribution in [2.24, 2.45) is 0 Å². The highest BCUT2D eigenvalue weighted by Crippen LogP contribution is 2.35. The van der Waals surface area contributed by atoms with Crippen molar-refractivity contribution >= 4 is 38.2 Å². The molecular weight excluding hydrogens is 314 g/mol. The van der Waals surface area contributed by atoms with Crippen LogP contribution in [0.3, 0.4) is 0 Å². The average molecular weight is 333 g/mol. The number of nitrogens with one attached hydrogen (secondary N) is 1. The van der Waals surface area contributed by atoms with E-state index < -0.39 is 12.1 Å². The van der Waals surface area contributed by atoms with Crippen LogP contribution in [-0.4, -0.2) is 34.9 Å². The molecular formula is C21H19NO3. The fourth-order valence-corrected chi connectivity index (χ4v) is 3.50. The summed E-state index contributed by atoms with van der Waals surface area (Å²) in [5, 5.41) is 28.2.